The summed E-state index contributed by atoms with van der Waals surface area (Å²) in [5.41, 5.74) is 15.8. The van der Waals surface area contributed by atoms with Crippen molar-refractivity contribution in [2.45, 2.75) is 114 Å². The topological polar surface area (TPSA) is 390 Å². The van der Waals surface area contributed by atoms with Gasteiger partial charge in [0, 0.05) is 13.0 Å². The van der Waals surface area contributed by atoms with Gasteiger partial charge >= 0.3 is 17.9 Å². The molecule has 1 aliphatic rings. The van der Waals surface area contributed by atoms with Crippen LogP contribution in [0.2, 0.25) is 0 Å². The van der Waals surface area contributed by atoms with E-state index in [2.05, 4.69) is 26.6 Å². The number of primary amides is 2. The number of rotatable bonds is 23. The van der Waals surface area contributed by atoms with Gasteiger partial charge in [0.1, 0.15) is 36.3 Å². The van der Waals surface area contributed by atoms with Crippen molar-refractivity contribution in [1.29, 1.82) is 0 Å². The summed E-state index contributed by atoms with van der Waals surface area (Å²) in [6.07, 6.45) is -2.71. The van der Waals surface area contributed by atoms with Crippen LogP contribution in [0.1, 0.15) is 72.1 Å². The highest BCUT2D eigenvalue weighted by atomic mass is 16.4. The molecule has 302 valence electrons. The first-order chi connectivity index (χ1) is 25.1. The Labute approximate surface area is 308 Å². The van der Waals surface area contributed by atoms with Gasteiger partial charge in [-0.25, -0.2) is 4.79 Å². The first-order valence-electron chi connectivity index (χ1n) is 16.9. The molecule has 0 saturated carbocycles. The van der Waals surface area contributed by atoms with E-state index in [1.165, 1.54) is 6.92 Å². The Morgan fingerprint density at radius 1 is 0.704 bits per heavy atom. The number of aliphatic carboxylic acids is 3. The second-order valence-electron chi connectivity index (χ2n) is 12.8. The Balaban J connectivity index is 3.25. The predicted molar refractivity (Wildman–Crippen MR) is 182 cm³/mol. The molecule has 0 spiro atoms. The van der Waals surface area contributed by atoms with Crippen LogP contribution in [0, 0.1) is 5.92 Å². The maximum Gasteiger partial charge on any atom is 0.326 e. The van der Waals surface area contributed by atoms with Crippen LogP contribution in [-0.2, 0) is 52.7 Å². The lowest BCUT2D eigenvalue weighted by Gasteiger charge is -2.31. The minimum atomic E-state index is -1.78. The number of hydrogen-bond donors (Lipinski definition) is 11. The van der Waals surface area contributed by atoms with E-state index in [1.807, 2.05) is 0 Å². The van der Waals surface area contributed by atoms with Gasteiger partial charge in [0.2, 0.25) is 47.3 Å². The number of nitrogens with zero attached hydrogens (tertiary/aromatic N) is 1. The van der Waals surface area contributed by atoms with Crippen LogP contribution < -0.4 is 43.8 Å². The average molecular weight is 772 g/mol. The summed E-state index contributed by atoms with van der Waals surface area (Å²) in [6.45, 7) is 4.32. The van der Waals surface area contributed by atoms with Gasteiger partial charge in [-0.15, -0.1) is 0 Å². The van der Waals surface area contributed by atoms with Crippen LogP contribution >= 0.6 is 0 Å². The predicted octanol–water partition coefficient (Wildman–Crippen LogP) is -5.03. The quantitative estimate of drug-likeness (QED) is 0.0463. The van der Waals surface area contributed by atoms with Crippen LogP contribution in [0.25, 0.3) is 0 Å². The second kappa shape index (κ2) is 21.6. The summed E-state index contributed by atoms with van der Waals surface area (Å²) < 4.78 is 0. The molecule has 8 atom stereocenters. The zero-order valence-corrected chi connectivity index (χ0v) is 30.0. The molecule has 1 aliphatic heterocycles. The van der Waals surface area contributed by atoms with E-state index >= 15 is 0 Å². The third kappa shape index (κ3) is 15.0. The number of likely N-dealkylation sites (tertiary alicyclic amines) is 1. The summed E-state index contributed by atoms with van der Waals surface area (Å²) in [5, 5.41) is 39.2. The van der Waals surface area contributed by atoms with Crippen molar-refractivity contribution in [1.82, 2.24) is 31.5 Å². The number of carbonyl (C=O) groups is 11. The van der Waals surface area contributed by atoms with Gasteiger partial charge in [0.05, 0.1) is 25.3 Å². The van der Waals surface area contributed by atoms with Gasteiger partial charge in [0.15, 0.2) is 0 Å². The fourth-order valence-corrected chi connectivity index (χ4v) is 5.28. The van der Waals surface area contributed by atoms with E-state index in [0.29, 0.717) is 0 Å². The lowest BCUT2D eigenvalue weighted by molar-refractivity contribution is -0.147. The Morgan fingerprint density at radius 3 is 1.81 bits per heavy atom. The zero-order chi connectivity index (χ0) is 41.4. The highest BCUT2D eigenvalue weighted by Crippen LogP contribution is 2.20. The summed E-state index contributed by atoms with van der Waals surface area (Å²) in [7, 11) is 0. The Hall–Kier alpha value is -5.87. The van der Waals surface area contributed by atoms with Crippen molar-refractivity contribution < 1.29 is 68.1 Å². The monoisotopic (exact) mass is 771 g/mol. The van der Waals surface area contributed by atoms with E-state index in [0.717, 1.165) is 4.90 Å². The number of amides is 8. The Bertz CT molecular complexity index is 1470. The third-order valence-corrected chi connectivity index (χ3v) is 8.44. The minimum absolute atomic E-state index is 0.0373. The third-order valence-electron chi connectivity index (χ3n) is 8.44. The summed E-state index contributed by atoms with van der Waals surface area (Å²) in [5.74, 6) is -13.0. The molecule has 0 aromatic heterocycles. The van der Waals surface area contributed by atoms with Gasteiger partial charge in [-0.2, -0.15) is 0 Å². The van der Waals surface area contributed by atoms with Crippen molar-refractivity contribution in [2.75, 3.05) is 6.54 Å². The molecule has 0 radical (unpaired) electrons. The van der Waals surface area contributed by atoms with E-state index in [1.54, 1.807) is 13.8 Å². The van der Waals surface area contributed by atoms with Crippen molar-refractivity contribution >= 4 is 65.2 Å². The van der Waals surface area contributed by atoms with Crippen molar-refractivity contribution in [2.24, 2.45) is 23.1 Å². The molecule has 0 unspecified atom stereocenters. The summed E-state index contributed by atoms with van der Waals surface area (Å²) in [6, 6.07) is -10.6. The van der Waals surface area contributed by atoms with Gasteiger partial charge in [-0.3, -0.25) is 47.9 Å². The molecule has 14 N–H and O–H groups in total. The number of nitrogens with two attached hydrogens (primary N) is 3. The fourth-order valence-electron chi connectivity index (χ4n) is 5.28. The molecular weight excluding hydrogens is 722 g/mol. The maximum absolute atomic E-state index is 13.7. The number of hydrogen-bond acceptors (Lipinski definition) is 12. The van der Waals surface area contributed by atoms with E-state index in [-0.39, 0.29) is 32.2 Å². The molecule has 23 nitrogen and oxygen atoms in total. The Morgan fingerprint density at radius 2 is 1.30 bits per heavy atom. The smallest absolute Gasteiger partial charge is 0.326 e. The van der Waals surface area contributed by atoms with Crippen LogP contribution in [0.4, 0.5) is 0 Å². The van der Waals surface area contributed by atoms with Crippen molar-refractivity contribution in [3.8, 4) is 0 Å². The lowest BCUT2D eigenvalue weighted by Crippen LogP contribution is -2.61. The molecule has 1 fully saturated rings. The maximum atomic E-state index is 13.7. The highest BCUT2D eigenvalue weighted by molar-refractivity contribution is 5.98. The first kappa shape index (κ1) is 46.2. The minimum Gasteiger partial charge on any atom is -0.481 e. The van der Waals surface area contributed by atoms with E-state index < -0.39 is 139 Å². The number of carbonyl (C=O) groups excluding carboxylic acids is 8. The second-order valence-corrected chi connectivity index (χ2v) is 12.8. The zero-order valence-electron chi connectivity index (χ0n) is 30.0. The standard InChI is InChI=1S/C31H49N9O14/c1-4-13(2)24(39-27(49)16(7-8-20(33)41)36-25(47)14(3)35-26(48)15(32)10-22(43)44)29(51)37-17(12-23(45)46)30(52)40-9-5-6-19(40)28(50)38-18(31(53)54)11-21(34)42/h13-19,24H,4-12,32H2,1-3H3,(H2,33,41)(H2,34,42)(H,35,48)(H,36,47)(H,37,51)(H,38,50)(H,39,49)(H,43,44)(H,45,46)(H,53,54)/t13-,14-,15-,16-,17-,18-,19-,24-/m0/s1. The van der Waals surface area contributed by atoms with E-state index in [9.17, 15) is 63.0 Å². The Kier molecular flexibility index (Phi) is 18.5. The molecule has 0 bridgehead atoms. The largest absolute Gasteiger partial charge is 0.481 e. The van der Waals surface area contributed by atoms with Crippen molar-refractivity contribution in [3.05, 3.63) is 0 Å². The number of carboxylic acid groups (broad SMARTS) is 3. The first-order valence-corrected chi connectivity index (χ1v) is 16.9. The lowest BCUT2D eigenvalue weighted by atomic mass is 9.96. The van der Waals surface area contributed by atoms with Crippen LogP contribution in [0.3, 0.4) is 0 Å². The van der Waals surface area contributed by atoms with Gasteiger partial charge < -0.3 is 64.0 Å². The number of carboxylic acids is 3. The molecule has 0 aliphatic carbocycles. The molecule has 1 rings (SSSR count). The fraction of sp³-hybridized carbons (Fsp3) is 0.645. The molecule has 54 heavy (non-hydrogen) atoms. The average Bonchev–Trinajstić information content (AvgIpc) is 3.56. The molecular formula is C31H49N9O14. The van der Waals surface area contributed by atoms with Crippen molar-refractivity contribution in [3.63, 3.8) is 0 Å². The highest BCUT2D eigenvalue weighted by Gasteiger charge is 2.41. The summed E-state index contributed by atoms with van der Waals surface area (Å²) >= 11 is 0. The number of nitrogens with one attached hydrogen (secondary N) is 5. The molecule has 0 aromatic rings. The molecule has 8 amide bonds. The van der Waals surface area contributed by atoms with Gasteiger partial charge in [-0.05, 0) is 32.1 Å². The van der Waals surface area contributed by atoms with Crippen LogP contribution in [0.5, 0.6) is 0 Å². The van der Waals surface area contributed by atoms with Crippen LogP contribution in [-0.4, -0.2) is 134 Å². The van der Waals surface area contributed by atoms with Crippen LogP contribution in [0.15, 0.2) is 0 Å². The SMILES string of the molecule is CC[C@H](C)[C@H](NC(=O)[C@H](CCC(N)=O)NC(=O)[C@H](C)NC(=O)[C@@H](N)CC(=O)O)C(=O)N[C@@H](CC(=O)O)C(=O)N1CCC[C@H]1C(=O)N[C@@H](CC(N)=O)C(=O)O. The molecule has 1 saturated heterocycles. The molecule has 23 heteroatoms. The van der Waals surface area contributed by atoms with Gasteiger partial charge in [-0.1, -0.05) is 20.3 Å². The molecule has 0 aromatic carbocycles. The normalized spacial score (nSPS) is 17.6. The van der Waals surface area contributed by atoms with Gasteiger partial charge in [0.25, 0.3) is 0 Å². The molecule has 1 heterocycles. The van der Waals surface area contributed by atoms with E-state index in [4.69, 9.17) is 22.3 Å². The summed E-state index contributed by atoms with van der Waals surface area (Å²) in [4.78, 5) is 137.